The summed E-state index contributed by atoms with van der Waals surface area (Å²) in [4.78, 5) is 0. The molecule has 7 aromatic carbocycles. The minimum absolute atomic E-state index is 0.229. The Morgan fingerprint density at radius 3 is 0.353 bits per heavy atom. The molecule has 0 saturated heterocycles. The van der Waals surface area contributed by atoms with Gasteiger partial charge in [-0.2, -0.15) is 0 Å². The van der Waals surface area contributed by atoms with Crippen molar-refractivity contribution < 1.29 is 15.1 Å². The monoisotopic (exact) mass is 1210 g/mol. The molecule has 0 bridgehead atoms. The van der Waals surface area contributed by atoms with Gasteiger partial charge in [-0.3, -0.25) is 0 Å². The predicted octanol–water partition coefficient (Wildman–Crippen LogP) is 19.7. The van der Waals surface area contributed by atoms with Crippen molar-refractivity contribution in [2.75, 3.05) is 0 Å². The van der Waals surface area contributed by atoms with Crippen molar-refractivity contribution in [2.24, 2.45) is 0 Å². The molecule has 7 heteroatoms. The molecular weight excluding hydrogens is 1090 g/mol. The van der Waals surface area contributed by atoms with Crippen LogP contribution in [0.3, 0.4) is 0 Å². The SMILES string of the molecule is CC(C)(C)c1cc(P)cc(C(C)(C)C)c1.CC(C)(C)c1cc(P)cc(C(C)(C)C)c1.CC(C)(C)c1cc(P)cc(C(C)(C)C)c1.Cc1cc(C)cc(C)c1.Cc1cc(C)cc(C)c1.Cc1cc(C)cc(C)c1.Cc1cc(C)cc(C)c1.OB(O)O. The molecule has 0 fully saturated rings. The summed E-state index contributed by atoms with van der Waals surface area (Å²) in [5.41, 5.74) is 26.1. The van der Waals surface area contributed by atoms with Crippen molar-refractivity contribution in [1.29, 1.82) is 0 Å². The fourth-order valence-corrected chi connectivity index (χ4v) is 10.4. The summed E-state index contributed by atoms with van der Waals surface area (Å²) in [6, 6.07) is 46.9. The van der Waals surface area contributed by atoms with Gasteiger partial charge in [0.15, 0.2) is 0 Å². The first-order chi connectivity index (χ1) is 38.3. The molecule has 0 aliphatic rings. The third-order valence-corrected chi connectivity index (χ3v) is 14.5. The van der Waals surface area contributed by atoms with Crippen LogP contribution in [0.4, 0.5) is 0 Å². The fraction of sp³-hybridized carbons (Fsp3) is 0.462. The molecular formula is C78H120BO3P3. The zero-order chi connectivity index (χ0) is 66.6. The Kier molecular flexibility index (Phi) is 33.3. The first kappa shape index (κ1) is 80.8. The highest BCUT2D eigenvalue weighted by atomic mass is 31.0. The van der Waals surface area contributed by atoms with Gasteiger partial charge in [0.1, 0.15) is 0 Å². The van der Waals surface area contributed by atoms with Crippen molar-refractivity contribution in [3.8, 4) is 0 Å². The first-order valence-corrected chi connectivity index (χ1v) is 32.0. The lowest BCUT2D eigenvalue weighted by molar-refractivity contribution is 0.278. The van der Waals surface area contributed by atoms with Gasteiger partial charge >= 0.3 is 7.32 Å². The Labute approximate surface area is 530 Å². The standard InChI is InChI=1S/3C14H23P.4C9H12.BH3O3/c3*1-13(2,3)10-7-11(14(4,5)6)9-12(15)8-10;4*1-7-4-8(2)6-9(3)5-7;2-1(3)4/h3*7-9H,15H2,1-6H3;4*4-6H,1-3H3;2-4H. The largest absolute Gasteiger partial charge is 0.631 e. The molecule has 3 N–H and O–H groups in total. The van der Waals surface area contributed by atoms with Crippen LogP contribution in [0, 0.1) is 83.1 Å². The van der Waals surface area contributed by atoms with E-state index in [1.165, 1.54) is 116 Å². The molecule has 3 atom stereocenters. The highest BCUT2D eigenvalue weighted by Crippen LogP contribution is 2.31. The number of rotatable bonds is 0. The quantitative estimate of drug-likeness (QED) is 0.105. The minimum atomic E-state index is -2.17. The second-order valence-electron chi connectivity index (χ2n) is 30.0. The lowest BCUT2D eigenvalue weighted by atomic mass is 9.81. The molecule has 3 nitrogen and oxygen atoms in total. The van der Waals surface area contributed by atoms with E-state index < -0.39 is 7.32 Å². The Balaban J connectivity index is 0.000000969. The maximum absolute atomic E-state index is 7.17. The lowest BCUT2D eigenvalue weighted by Crippen LogP contribution is -2.18. The molecule has 7 rings (SSSR count). The number of hydrogen-bond acceptors (Lipinski definition) is 3. The van der Waals surface area contributed by atoms with Gasteiger partial charge in [0.25, 0.3) is 0 Å². The van der Waals surface area contributed by atoms with E-state index in [9.17, 15) is 0 Å². The summed E-state index contributed by atoms with van der Waals surface area (Å²) in [5, 5.41) is 25.4. The molecule has 0 aliphatic heterocycles. The molecule has 3 unspecified atom stereocenters. The van der Waals surface area contributed by atoms with E-state index in [0.717, 1.165) is 0 Å². The molecule has 85 heavy (non-hydrogen) atoms. The van der Waals surface area contributed by atoms with Crippen molar-refractivity contribution in [3.63, 3.8) is 0 Å². The average Bonchev–Trinajstić information content (AvgIpc) is 3.26. The van der Waals surface area contributed by atoms with E-state index >= 15 is 0 Å². The van der Waals surface area contributed by atoms with E-state index in [1.54, 1.807) is 0 Å². The van der Waals surface area contributed by atoms with Gasteiger partial charge in [0.2, 0.25) is 0 Å². The molecule has 7 aromatic rings. The van der Waals surface area contributed by atoms with Gasteiger partial charge in [0.05, 0.1) is 0 Å². The highest BCUT2D eigenvalue weighted by Gasteiger charge is 2.22. The molecule has 468 valence electrons. The van der Waals surface area contributed by atoms with E-state index in [2.05, 4.69) is 363 Å². The van der Waals surface area contributed by atoms with Gasteiger partial charge in [-0.25, -0.2) is 0 Å². The smallest absolute Gasteiger partial charge is 0.402 e. The maximum Gasteiger partial charge on any atom is 0.631 e. The second-order valence-corrected chi connectivity index (χ2v) is 32.0. The van der Waals surface area contributed by atoms with Gasteiger partial charge in [-0.05, 0) is 165 Å². The molecule has 0 heterocycles. The summed E-state index contributed by atoms with van der Waals surface area (Å²) >= 11 is 0. The third-order valence-electron chi connectivity index (χ3n) is 13.5. The number of aryl methyl sites for hydroxylation is 12. The Hall–Kier alpha value is -4.23. The van der Waals surface area contributed by atoms with E-state index in [1.807, 2.05) is 0 Å². The molecule has 0 saturated carbocycles. The van der Waals surface area contributed by atoms with Gasteiger partial charge < -0.3 is 15.1 Å². The van der Waals surface area contributed by atoms with Gasteiger partial charge in [-0.15, -0.1) is 27.7 Å². The maximum atomic E-state index is 7.17. The molecule has 0 radical (unpaired) electrons. The zero-order valence-corrected chi connectivity index (χ0v) is 62.7. The summed E-state index contributed by atoms with van der Waals surface area (Å²) in [6.45, 7) is 66.2. The van der Waals surface area contributed by atoms with E-state index in [4.69, 9.17) is 15.1 Å². The van der Waals surface area contributed by atoms with Crippen LogP contribution < -0.4 is 15.9 Å². The molecule has 0 aliphatic carbocycles. The van der Waals surface area contributed by atoms with Crippen LogP contribution in [0.15, 0.2) is 127 Å². The Morgan fingerprint density at radius 1 is 0.200 bits per heavy atom. The topological polar surface area (TPSA) is 60.7 Å². The molecule has 0 amide bonds. The van der Waals surface area contributed by atoms with Crippen LogP contribution in [-0.2, 0) is 32.5 Å². The Morgan fingerprint density at radius 2 is 0.282 bits per heavy atom. The number of benzene rings is 7. The predicted molar refractivity (Wildman–Crippen MR) is 395 cm³/mol. The van der Waals surface area contributed by atoms with E-state index in [0.29, 0.717) is 0 Å². The zero-order valence-electron chi connectivity index (χ0n) is 59.3. The van der Waals surface area contributed by atoms with Crippen LogP contribution in [0.25, 0.3) is 0 Å². The summed E-state index contributed by atoms with van der Waals surface area (Å²) < 4.78 is 0. The van der Waals surface area contributed by atoms with Crippen LogP contribution >= 0.6 is 27.7 Å². The first-order valence-electron chi connectivity index (χ1n) is 30.3. The van der Waals surface area contributed by atoms with Gasteiger partial charge in [-0.1, -0.05) is 319 Å². The second kappa shape index (κ2) is 35.1. The minimum Gasteiger partial charge on any atom is -0.402 e. The van der Waals surface area contributed by atoms with Crippen LogP contribution in [0.1, 0.15) is 225 Å². The summed E-state index contributed by atoms with van der Waals surface area (Å²) in [6.07, 6.45) is 0. The Bertz CT molecular complexity index is 2470. The van der Waals surface area contributed by atoms with Crippen molar-refractivity contribution >= 4 is 51.0 Å². The van der Waals surface area contributed by atoms with Crippen molar-refractivity contribution in [3.05, 3.63) is 228 Å². The van der Waals surface area contributed by atoms with E-state index in [-0.39, 0.29) is 32.5 Å². The van der Waals surface area contributed by atoms with Gasteiger partial charge in [0, 0.05) is 0 Å². The normalized spacial score (nSPS) is 11.3. The average molecular weight is 1210 g/mol. The van der Waals surface area contributed by atoms with Crippen LogP contribution in [0.5, 0.6) is 0 Å². The third kappa shape index (κ3) is 36.0. The molecule has 0 aromatic heterocycles. The number of hydrogen-bond donors (Lipinski definition) is 3. The van der Waals surface area contributed by atoms with Crippen LogP contribution in [0.2, 0.25) is 0 Å². The molecule has 0 spiro atoms. The summed E-state index contributed by atoms with van der Waals surface area (Å²) in [7, 11) is 6.27. The lowest BCUT2D eigenvalue weighted by Gasteiger charge is -2.25. The highest BCUT2D eigenvalue weighted by molar-refractivity contribution is 7.27. The fourth-order valence-electron chi connectivity index (χ4n) is 9.36. The van der Waals surface area contributed by atoms with Crippen molar-refractivity contribution in [1.82, 2.24) is 0 Å². The summed E-state index contributed by atoms with van der Waals surface area (Å²) in [5.74, 6) is 0. The van der Waals surface area contributed by atoms with Crippen LogP contribution in [-0.4, -0.2) is 22.4 Å². The van der Waals surface area contributed by atoms with Crippen molar-refractivity contribution in [2.45, 2.75) is 240 Å².